The average Bonchev–Trinajstić information content (AvgIpc) is 2.26. The number of benzene rings is 2. The standard InChI is InChI=1S/C18H23N/c1-13-9-14(2)11-16(10-13)12-18(4,19)17-8-6-5-7-15(17)3/h5-11H,12,19H2,1-4H3. The third-order valence-electron chi connectivity index (χ3n) is 3.61. The molecule has 19 heavy (non-hydrogen) atoms. The van der Waals surface area contributed by atoms with Crippen LogP contribution in [-0.4, -0.2) is 0 Å². The quantitative estimate of drug-likeness (QED) is 0.878. The minimum atomic E-state index is -0.328. The first kappa shape index (κ1) is 13.8. The maximum atomic E-state index is 6.57. The van der Waals surface area contributed by atoms with Gasteiger partial charge in [0.05, 0.1) is 0 Å². The second kappa shape index (κ2) is 5.18. The van der Waals surface area contributed by atoms with Gasteiger partial charge in [0.25, 0.3) is 0 Å². The summed E-state index contributed by atoms with van der Waals surface area (Å²) in [5, 5.41) is 0. The summed E-state index contributed by atoms with van der Waals surface area (Å²) in [6.45, 7) is 8.52. The van der Waals surface area contributed by atoms with E-state index in [0.717, 1.165) is 6.42 Å². The minimum absolute atomic E-state index is 0.328. The third kappa shape index (κ3) is 3.24. The second-order valence-electron chi connectivity index (χ2n) is 5.91. The summed E-state index contributed by atoms with van der Waals surface area (Å²) in [5.74, 6) is 0. The monoisotopic (exact) mass is 253 g/mol. The minimum Gasteiger partial charge on any atom is -0.321 e. The molecule has 0 amide bonds. The first-order valence-corrected chi connectivity index (χ1v) is 6.81. The van der Waals surface area contributed by atoms with Gasteiger partial charge in [-0.1, -0.05) is 53.6 Å². The summed E-state index contributed by atoms with van der Waals surface area (Å²) in [7, 11) is 0. The van der Waals surface area contributed by atoms with Crippen molar-refractivity contribution in [1.82, 2.24) is 0 Å². The van der Waals surface area contributed by atoms with E-state index in [1.165, 1.54) is 27.8 Å². The van der Waals surface area contributed by atoms with Crippen LogP contribution in [0.25, 0.3) is 0 Å². The van der Waals surface area contributed by atoms with Gasteiger partial charge in [0.1, 0.15) is 0 Å². The molecule has 0 saturated heterocycles. The van der Waals surface area contributed by atoms with E-state index >= 15 is 0 Å². The second-order valence-corrected chi connectivity index (χ2v) is 5.91. The summed E-state index contributed by atoms with van der Waals surface area (Å²) in [5.41, 5.74) is 12.6. The highest BCUT2D eigenvalue weighted by Gasteiger charge is 2.23. The fourth-order valence-corrected chi connectivity index (χ4v) is 2.90. The van der Waals surface area contributed by atoms with Crippen molar-refractivity contribution in [2.24, 2.45) is 5.73 Å². The lowest BCUT2D eigenvalue weighted by Gasteiger charge is -2.27. The number of hydrogen-bond acceptors (Lipinski definition) is 1. The smallest absolute Gasteiger partial charge is 0.0424 e. The Labute approximate surface area is 116 Å². The lowest BCUT2D eigenvalue weighted by Crippen LogP contribution is -2.36. The molecule has 0 aliphatic carbocycles. The van der Waals surface area contributed by atoms with Crippen molar-refractivity contribution in [1.29, 1.82) is 0 Å². The van der Waals surface area contributed by atoms with Crippen molar-refractivity contribution in [2.75, 3.05) is 0 Å². The molecular formula is C18H23N. The van der Waals surface area contributed by atoms with Gasteiger partial charge in [-0.2, -0.15) is 0 Å². The maximum absolute atomic E-state index is 6.57. The molecule has 0 aliphatic heterocycles. The summed E-state index contributed by atoms with van der Waals surface area (Å²) in [6, 6.07) is 15.1. The van der Waals surface area contributed by atoms with Crippen molar-refractivity contribution in [3.05, 3.63) is 70.3 Å². The molecule has 0 heterocycles. The van der Waals surface area contributed by atoms with Gasteiger partial charge in [-0.25, -0.2) is 0 Å². The Hall–Kier alpha value is -1.60. The van der Waals surface area contributed by atoms with Crippen molar-refractivity contribution in [3.8, 4) is 0 Å². The van der Waals surface area contributed by atoms with Crippen LogP contribution in [0.5, 0.6) is 0 Å². The molecule has 0 aromatic heterocycles. The highest BCUT2D eigenvalue weighted by atomic mass is 14.7. The van der Waals surface area contributed by atoms with Crippen molar-refractivity contribution >= 4 is 0 Å². The Morgan fingerprint density at radius 2 is 1.53 bits per heavy atom. The summed E-state index contributed by atoms with van der Waals surface area (Å²) >= 11 is 0. The molecule has 0 saturated carbocycles. The Morgan fingerprint density at radius 1 is 0.947 bits per heavy atom. The fraction of sp³-hybridized carbons (Fsp3) is 0.333. The lowest BCUT2D eigenvalue weighted by molar-refractivity contribution is 0.488. The van der Waals surface area contributed by atoms with Crippen LogP contribution in [0.3, 0.4) is 0 Å². The van der Waals surface area contributed by atoms with E-state index in [2.05, 4.69) is 70.2 Å². The first-order valence-electron chi connectivity index (χ1n) is 6.81. The molecule has 0 aliphatic rings. The molecule has 0 bridgehead atoms. The van der Waals surface area contributed by atoms with E-state index in [4.69, 9.17) is 5.73 Å². The zero-order valence-electron chi connectivity index (χ0n) is 12.3. The highest BCUT2D eigenvalue weighted by molar-refractivity contribution is 5.36. The van der Waals surface area contributed by atoms with Gasteiger partial charge >= 0.3 is 0 Å². The number of nitrogens with two attached hydrogens (primary N) is 1. The molecule has 2 aromatic carbocycles. The molecular weight excluding hydrogens is 230 g/mol. The number of rotatable bonds is 3. The number of aryl methyl sites for hydroxylation is 3. The Balaban J connectivity index is 2.33. The van der Waals surface area contributed by atoms with E-state index in [1.807, 2.05) is 0 Å². The molecule has 2 N–H and O–H groups in total. The largest absolute Gasteiger partial charge is 0.321 e. The average molecular weight is 253 g/mol. The zero-order valence-corrected chi connectivity index (χ0v) is 12.3. The van der Waals surface area contributed by atoms with Gasteiger partial charge in [0.2, 0.25) is 0 Å². The molecule has 1 heteroatoms. The van der Waals surface area contributed by atoms with Crippen LogP contribution in [0, 0.1) is 20.8 Å². The Kier molecular flexibility index (Phi) is 3.77. The van der Waals surface area contributed by atoms with Gasteiger partial charge < -0.3 is 5.73 Å². The predicted octanol–water partition coefficient (Wildman–Crippen LogP) is 4.03. The maximum Gasteiger partial charge on any atom is 0.0424 e. The van der Waals surface area contributed by atoms with E-state index in [0.29, 0.717) is 0 Å². The Morgan fingerprint density at radius 3 is 2.11 bits per heavy atom. The van der Waals surface area contributed by atoms with E-state index in [9.17, 15) is 0 Å². The molecule has 1 unspecified atom stereocenters. The van der Waals surface area contributed by atoms with Crippen LogP contribution in [0.15, 0.2) is 42.5 Å². The molecule has 2 aromatic rings. The molecule has 1 atom stereocenters. The van der Waals surface area contributed by atoms with Crippen molar-refractivity contribution in [2.45, 2.75) is 39.7 Å². The van der Waals surface area contributed by atoms with Gasteiger partial charge in [0, 0.05) is 5.54 Å². The van der Waals surface area contributed by atoms with Crippen molar-refractivity contribution in [3.63, 3.8) is 0 Å². The van der Waals surface area contributed by atoms with Gasteiger partial charge in [-0.3, -0.25) is 0 Å². The predicted molar refractivity (Wildman–Crippen MR) is 82.3 cm³/mol. The van der Waals surface area contributed by atoms with E-state index < -0.39 is 0 Å². The van der Waals surface area contributed by atoms with E-state index in [-0.39, 0.29) is 5.54 Å². The van der Waals surface area contributed by atoms with E-state index in [1.54, 1.807) is 0 Å². The molecule has 2 rings (SSSR count). The molecule has 0 spiro atoms. The van der Waals surface area contributed by atoms with Crippen LogP contribution in [0.2, 0.25) is 0 Å². The summed E-state index contributed by atoms with van der Waals surface area (Å²) in [4.78, 5) is 0. The van der Waals surface area contributed by atoms with Gasteiger partial charge in [0.15, 0.2) is 0 Å². The SMILES string of the molecule is Cc1cc(C)cc(CC(C)(N)c2ccccc2C)c1. The molecule has 1 nitrogen and oxygen atoms in total. The normalized spacial score (nSPS) is 14.2. The van der Waals surface area contributed by atoms with Crippen LogP contribution in [-0.2, 0) is 12.0 Å². The first-order chi connectivity index (χ1) is 8.88. The van der Waals surface area contributed by atoms with Crippen LogP contribution >= 0.6 is 0 Å². The third-order valence-corrected chi connectivity index (χ3v) is 3.61. The Bertz CT molecular complexity index is 562. The fourth-order valence-electron chi connectivity index (χ4n) is 2.90. The van der Waals surface area contributed by atoms with Gasteiger partial charge in [-0.05, 0) is 50.8 Å². The number of hydrogen-bond donors (Lipinski definition) is 1. The topological polar surface area (TPSA) is 26.0 Å². The van der Waals surface area contributed by atoms with Gasteiger partial charge in [-0.15, -0.1) is 0 Å². The van der Waals surface area contributed by atoms with Crippen LogP contribution in [0.1, 0.15) is 34.7 Å². The summed E-state index contributed by atoms with van der Waals surface area (Å²) in [6.07, 6.45) is 0.861. The molecule has 100 valence electrons. The van der Waals surface area contributed by atoms with Crippen molar-refractivity contribution < 1.29 is 0 Å². The molecule has 0 fully saturated rings. The lowest BCUT2D eigenvalue weighted by atomic mass is 9.83. The van der Waals surface area contributed by atoms with Crippen LogP contribution in [0.4, 0.5) is 0 Å². The zero-order chi connectivity index (χ0) is 14.0. The highest BCUT2D eigenvalue weighted by Crippen LogP contribution is 2.26. The molecule has 0 radical (unpaired) electrons. The summed E-state index contributed by atoms with van der Waals surface area (Å²) < 4.78 is 0. The van der Waals surface area contributed by atoms with Crippen LogP contribution < -0.4 is 5.73 Å².